The summed E-state index contributed by atoms with van der Waals surface area (Å²) in [6.45, 7) is 7.78. The molecule has 1 aromatic carbocycles. The molecule has 1 aromatic rings. The van der Waals surface area contributed by atoms with Gasteiger partial charge in [-0.2, -0.15) is 0 Å². The molecule has 1 aliphatic heterocycles. The molecule has 1 saturated heterocycles. The van der Waals surface area contributed by atoms with Gasteiger partial charge < -0.3 is 19.7 Å². The van der Waals surface area contributed by atoms with Crippen LogP contribution in [0.5, 0.6) is 11.5 Å². The summed E-state index contributed by atoms with van der Waals surface area (Å²) in [7, 11) is 3.24. The number of nitrogens with zero attached hydrogens (tertiary/aromatic N) is 1. The highest BCUT2D eigenvalue weighted by molar-refractivity contribution is 5.83. The highest BCUT2D eigenvalue weighted by atomic mass is 16.5. The van der Waals surface area contributed by atoms with E-state index in [2.05, 4.69) is 12.2 Å². The van der Waals surface area contributed by atoms with Crippen LogP contribution in [0.3, 0.4) is 0 Å². The average molecular weight is 391 g/mol. The highest BCUT2D eigenvalue weighted by Crippen LogP contribution is 2.39. The number of hydrogen-bond donors (Lipinski definition) is 1. The summed E-state index contributed by atoms with van der Waals surface area (Å²) < 4.78 is 10.9. The minimum Gasteiger partial charge on any atom is -0.497 e. The maximum absolute atomic E-state index is 12.9. The van der Waals surface area contributed by atoms with Crippen molar-refractivity contribution < 1.29 is 19.1 Å². The van der Waals surface area contributed by atoms with Crippen LogP contribution in [0.1, 0.15) is 51.5 Å². The van der Waals surface area contributed by atoms with Crippen LogP contribution in [-0.2, 0) is 9.59 Å². The Kier molecular flexibility index (Phi) is 8.15. The van der Waals surface area contributed by atoms with Crippen molar-refractivity contribution in [1.82, 2.24) is 10.2 Å². The van der Waals surface area contributed by atoms with Crippen molar-refractivity contribution in [3.63, 3.8) is 0 Å². The molecular formula is C22H34N2O4. The van der Waals surface area contributed by atoms with Gasteiger partial charge in [0, 0.05) is 37.5 Å². The third-order valence-electron chi connectivity index (χ3n) is 5.26. The molecule has 2 atom stereocenters. The first-order valence-corrected chi connectivity index (χ1v) is 10.2. The minimum atomic E-state index is -0.297. The summed E-state index contributed by atoms with van der Waals surface area (Å²) in [5.74, 6) is 1.41. The largest absolute Gasteiger partial charge is 0.497 e. The van der Waals surface area contributed by atoms with Crippen molar-refractivity contribution in [3.05, 3.63) is 23.8 Å². The number of benzene rings is 1. The summed E-state index contributed by atoms with van der Waals surface area (Å²) in [4.78, 5) is 27.4. The molecule has 6 nitrogen and oxygen atoms in total. The molecule has 0 spiro atoms. The minimum absolute atomic E-state index is 0.00294. The third kappa shape index (κ3) is 5.40. The molecule has 0 saturated carbocycles. The Balaban J connectivity index is 2.31. The molecule has 2 rings (SSSR count). The molecule has 1 aliphatic rings. The predicted molar refractivity (Wildman–Crippen MR) is 110 cm³/mol. The molecule has 1 fully saturated rings. The summed E-state index contributed by atoms with van der Waals surface area (Å²) in [6, 6.07) is 5.63. The molecule has 1 heterocycles. The van der Waals surface area contributed by atoms with Crippen molar-refractivity contribution in [1.29, 1.82) is 0 Å². The SMILES string of the molecule is CCCCNC(=O)[C@@H]1CN(C(=O)CC(C)C)C[C@H]1c1cc(OC)ccc1OC. The molecule has 156 valence electrons. The predicted octanol–water partition coefficient (Wildman–Crippen LogP) is 3.21. The molecule has 0 aliphatic carbocycles. The maximum Gasteiger partial charge on any atom is 0.225 e. The van der Waals surface area contributed by atoms with E-state index < -0.39 is 0 Å². The number of rotatable bonds is 9. The lowest BCUT2D eigenvalue weighted by Crippen LogP contribution is -2.36. The van der Waals surface area contributed by atoms with Gasteiger partial charge in [0.05, 0.1) is 20.1 Å². The van der Waals surface area contributed by atoms with E-state index in [-0.39, 0.29) is 29.6 Å². The van der Waals surface area contributed by atoms with Gasteiger partial charge in [0.2, 0.25) is 11.8 Å². The summed E-state index contributed by atoms with van der Waals surface area (Å²) in [5.41, 5.74) is 0.914. The van der Waals surface area contributed by atoms with E-state index in [1.165, 1.54) is 0 Å². The second kappa shape index (κ2) is 10.3. The normalized spacial score (nSPS) is 19.0. The van der Waals surface area contributed by atoms with Gasteiger partial charge in [0.1, 0.15) is 11.5 Å². The van der Waals surface area contributed by atoms with E-state index in [1.54, 1.807) is 14.2 Å². The Hall–Kier alpha value is -2.24. The number of nitrogens with one attached hydrogen (secondary N) is 1. The zero-order chi connectivity index (χ0) is 20.7. The van der Waals surface area contributed by atoms with E-state index in [9.17, 15) is 9.59 Å². The van der Waals surface area contributed by atoms with Crippen molar-refractivity contribution in [2.24, 2.45) is 11.8 Å². The maximum atomic E-state index is 12.9. The smallest absolute Gasteiger partial charge is 0.225 e. The van der Waals surface area contributed by atoms with E-state index in [4.69, 9.17) is 9.47 Å². The second-order valence-electron chi connectivity index (χ2n) is 7.86. The van der Waals surface area contributed by atoms with Crippen LogP contribution < -0.4 is 14.8 Å². The van der Waals surface area contributed by atoms with Gasteiger partial charge in [-0.3, -0.25) is 9.59 Å². The number of ether oxygens (including phenoxy) is 2. The standard InChI is InChI=1S/C22H34N2O4/c1-6-7-10-23-22(26)19-14-24(21(25)11-15(2)3)13-18(19)17-12-16(27-4)8-9-20(17)28-5/h8-9,12,15,18-19H,6-7,10-11,13-14H2,1-5H3,(H,23,26)/t18-,19+/m0/s1. The van der Waals surface area contributed by atoms with Crippen molar-refractivity contribution in [3.8, 4) is 11.5 Å². The molecule has 6 heteroatoms. The van der Waals surface area contributed by atoms with E-state index >= 15 is 0 Å². The van der Waals surface area contributed by atoms with Crippen molar-refractivity contribution in [2.45, 2.75) is 46.0 Å². The Bertz CT molecular complexity index is 675. The number of hydrogen-bond acceptors (Lipinski definition) is 4. The van der Waals surface area contributed by atoms with Gasteiger partial charge in [-0.15, -0.1) is 0 Å². The average Bonchev–Trinajstić information content (AvgIpc) is 3.12. The van der Waals surface area contributed by atoms with Crippen LogP contribution in [-0.4, -0.2) is 50.6 Å². The van der Waals surface area contributed by atoms with Crippen molar-refractivity contribution in [2.75, 3.05) is 33.9 Å². The molecule has 0 bridgehead atoms. The lowest BCUT2D eigenvalue weighted by molar-refractivity contribution is -0.131. The molecule has 0 unspecified atom stereocenters. The monoisotopic (exact) mass is 390 g/mol. The molecule has 1 N–H and O–H groups in total. The van der Waals surface area contributed by atoms with Gasteiger partial charge in [-0.05, 0) is 30.5 Å². The molecule has 0 aromatic heterocycles. The van der Waals surface area contributed by atoms with Gasteiger partial charge in [-0.25, -0.2) is 0 Å². The fraction of sp³-hybridized carbons (Fsp3) is 0.636. The number of carbonyl (C=O) groups excluding carboxylic acids is 2. The van der Waals surface area contributed by atoms with E-state index in [0.717, 1.165) is 24.2 Å². The van der Waals surface area contributed by atoms with Crippen LogP contribution in [0.15, 0.2) is 18.2 Å². The fourth-order valence-corrected chi connectivity index (χ4v) is 3.72. The van der Waals surface area contributed by atoms with Gasteiger partial charge in [-0.1, -0.05) is 27.2 Å². The number of carbonyl (C=O) groups is 2. The first-order chi connectivity index (χ1) is 13.4. The molecular weight excluding hydrogens is 356 g/mol. The quantitative estimate of drug-likeness (QED) is 0.658. The number of amides is 2. The zero-order valence-electron chi connectivity index (χ0n) is 17.8. The lowest BCUT2D eigenvalue weighted by Gasteiger charge is -2.21. The summed E-state index contributed by atoms with van der Waals surface area (Å²) >= 11 is 0. The first kappa shape index (κ1) is 22.1. The summed E-state index contributed by atoms with van der Waals surface area (Å²) in [5, 5.41) is 3.04. The van der Waals surface area contributed by atoms with Crippen LogP contribution in [0.4, 0.5) is 0 Å². The number of likely N-dealkylation sites (tertiary alicyclic amines) is 1. The van der Waals surface area contributed by atoms with Crippen LogP contribution >= 0.6 is 0 Å². The van der Waals surface area contributed by atoms with E-state index in [1.807, 2.05) is 36.9 Å². The second-order valence-corrected chi connectivity index (χ2v) is 7.86. The Morgan fingerprint density at radius 3 is 2.57 bits per heavy atom. The van der Waals surface area contributed by atoms with Crippen LogP contribution in [0, 0.1) is 11.8 Å². The Morgan fingerprint density at radius 2 is 1.96 bits per heavy atom. The van der Waals surface area contributed by atoms with Crippen LogP contribution in [0.25, 0.3) is 0 Å². The first-order valence-electron chi connectivity index (χ1n) is 10.2. The van der Waals surface area contributed by atoms with Crippen molar-refractivity contribution >= 4 is 11.8 Å². The van der Waals surface area contributed by atoms with E-state index in [0.29, 0.717) is 31.8 Å². The Labute approximate surface area is 168 Å². The number of unbranched alkanes of at least 4 members (excludes halogenated alkanes) is 1. The lowest BCUT2D eigenvalue weighted by atomic mass is 9.87. The summed E-state index contributed by atoms with van der Waals surface area (Å²) in [6.07, 6.45) is 2.46. The van der Waals surface area contributed by atoms with Gasteiger partial charge in [0.15, 0.2) is 0 Å². The molecule has 0 radical (unpaired) electrons. The van der Waals surface area contributed by atoms with Gasteiger partial charge >= 0.3 is 0 Å². The molecule has 28 heavy (non-hydrogen) atoms. The highest BCUT2D eigenvalue weighted by Gasteiger charge is 2.41. The zero-order valence-corrected chi connectivity index (χ0v) is 17.8. The topological polar surface area (TPSA) is 67.9 Å². The van der Waals surface area contributed by atoms with Crippen LogP contribution in [0.2, 0.25) is 0 Å². The Morgan fingerprint density at radius 1 is 1.21 bits per heavy atom. The van der Waals surface area contributed by atoms with Gasteiger partial charge in [0.25, 0.3) is 0 Å². The number of methoxy groups -OCH3 is 2. The molecule has 2 amide bonds. The fourth-order valence-electron chi connectivity index (χ4n) is 3.72. The third-order valence-corrected chi connectivity index (χ3v) is 5.26.